The minimum atomic E-state index is -0.640. The molecule has 0 aromatic heterocycles. The maximum Gasteiger partial charge on any atom is 0.108 e. The summed E-state index contributed by atoms with van der Waals surface area (Å²) in [6.45, 7) is 3.80. The minimum Gasteiger partial charge on any atom is -0.385 e. The fourth-order valence-corrected chi connectivity index (χ4v) is 2.58. The van der Waals surface area contributed by atoms with E-state index in [9.17, 15) is 5.11 Å². The summed E-state index contributed by atoms with van der Waals surface area (Å²) < 4.78 is 11.2. The fraction of sp³-hybridized carbons (Fsp3) is 0.571. The van der Waals surface area contributed by atoms with Crippen LogP contribution in [-0.2, 0) is 9.47 Å². The van der Waals surface area contributed by atoms with Crippen LogP contribution in [0.5, 0.6) is 0 Å². The van der Waals surface area contributed by atoms with Crippen molar-refractivity contribution in [2.75, 3.05) is 19.8 Å². The lowest BCUT2D eigenvalue weighted by Gasteiger charge is -2.40. The molecule has 0 bridgehead atoms. The summed E-state index contributed by atoms with van der Waals surface area (Å²) >= 11 is 5.87. The van der Waals surface area contributed by atoms with Gasteiger partial charge in [-0.2, -0.15) is 0 Å². The Morgan fingerprint density at radius 2 is 1.94 bits per heavy atom. The molecule has 3 nitrogen and oxygen atoms in total. The summed E-state index contributed by atoms with van der Waals surface area (Å²) in [7, 11) is 0. The first-order valence-corrected chi connectivity index (χ1v) is 6.71. The first kappa shape index (κ1) is 13.8. The molecular weight excluding hydrogens is 252 g/mol. The van der Waals surface area contributed by atoms with Crippen LogP contribution in [0.15, 0.2) is 24.3 Å². The molecule has 1 N–H and O–H groups in total. The van der Waals surface area contributed by atoms with E-state index in [-0.39, 0.29) is 0 Å². The third kappa shape index (κ3) is 2.86. The van der Waals surface area contributed by atoms with E-state index in [2.05, 4.69) is 0 Å². The van der Waals surface area contributed by atoms with Crippen LogP contribution in [0.2, 0.25) is 5.02 Å². The van der Waals surface area contributed by atoms with Crippen molar-refractivity contribution in [1.29, 1.82) is 0 Å². The molecule has 1 fully saturated rings. The number of halogens is 1. The van der Waals surface area contributed by atoms with Gasteiger partial charge in [-0.15, -0.1) is 0 Å². The van der Waals surface area contributed by atoms with E-state index in [1.54, 1.807) is 12.1 Å². The van der Waals surface area contributed by atoms with Crippen LogP contribution in [0.1, 0.15) is 31.4 Å². The van der Waals surface area contributed by atoms with Crippen molar-refractivity contribution in [2.45, 2.75) is 31.5 Å². The van der Waals surface area contributed by atoms with Gasteiger partial charge in [0.1, 0.15) is 11.7 Å². The molecule has 1 aromatic carbocycles. The SMILES string of the molecule is CCOC1(C(O)c2ccc(Cl)cc2)CCOCC1. The molecule has 1 heterocycles. The Balaban J connectivity index is 2.21. The lowest BCUT2D eigenvalue weighted by atomic mass is 9.84. The number of ether oxygens (including phenoxy) is 2. The van der Waals surface area contributed by atoms with Gasteiger partial charge in [0.15, 0.2) is 0 Å². The third-order valence-corrected chi connectivity index (χ3v) is 3.71. The van der Waals surface area contributed by atoms with E-state index in [0.717, 1.165) is 5.56 Å². The van der Waals surface area contributed by atoms with Gasteiger partial charge in [-0.05, 0) is 24.6 Å². The second-order valence-corrected chi connectivity index (χ2v) is 5.00. The van der Waals surface area contributed by atoms with E-state index < -0.39 is 11.7 Å². The Kier molecular flexibility index (Phi) is 4.62. The molecule has 1 aliphatic heterocycles. The zero-order chi connectivity index (χ0) is 13.0. The molecule has 1 atom stereocenters. The summed E-state index contributed by atoms with van der Waals surface area (Å²) in [4.78, 5) is 0. The third-order valence-electron chi connectivity index (χ3n) is 3.46. The molecule has 0 saturated carbocycles. The number of aliphatic hydroxyl groups is 1. The Bertz CT molecular complexity index is 366. The largest absolute Gasteiger partial charge is 0.385 e. The van der Waals surface area contributed by atoms with Crippen molar-refractivity contribution in [1.82, 2.24) is 0 Å². The molecule has 1 unspecified atom stereocenters. The number of benzene rings is 1. The standard InChI is InChI=1S/C14H19ClO3/c1-2-18-14(7-9-17-10-8-14)13(16)11-3-5-12(15)6-4-11/h3-6,13,16H,2,7-10H2,1H3. The molecule has 18 heavy (non-hydrogen) atoms. The van der Waals surface area contributed by atoms with Gasteiger partial charge in [0.2, 0.25) is 0 Å². The van der Waals surface area contributed by atoms with Crippen LogP contribution in [0.25, 0.3) is 0 Å². The lowest BCUT2D eigenvalue weighted by molar-refractivity contribution is -0.168. The molecule has 0 amide bonds. The van der Waals surface area contributed by atoms with Gasteiger partial charge in [-0.3, -0.25) is 0 Å². The summed E-state index contributed by atoms with van der Waals surface area (Å²) in [6, 6.07) is 7.28. The minimum absolute atomic E-state index is 0.527. The van der Waals surface area contributed by atoms with Gasteiger partial charge in [-0.1, -0.05) is 23.7 Å². The molecule has 2 rings (SSSR count). The molecule has 0 radical (unpaired) electrons. The fourth-order valence-electron chi connectivity index (χ4n) is 2.45. The van der Waals surface area contributed by atoms with Crippen LogP contribution in [0.3, 0.4) is 0 Å². The van der Waals surface area contributed by atoms with Crippen molar-refractivity contribution in [3.8, 4) is 0 Å². The van der Waals surface area contributed by atoms with E-state index in [0.29, 0.717) is 37.7 Å². The van der Waals surface area contributed by atoms with Gasteiger partial charge in [0, 0.05) is 37.7 Å². The average Bonchev–Trinajstić information content (AvgIpc) is 2.40. The quantitative estimate of drug-likeness (QED) is 0.914. The Hall–Kier alpha value is -0.610. The van der Waals surface area contributed by atoms with E-state index in [1.165, 1.54) is 0 Å². The van der Waals surface area contributed by atoms with E-state index >= 15 is 0 Å². The number of hydrogen-bond donors (Lipinski definition) is 1. The Labute approximate surface area is 113 Å². The summed E-state index contributed by atoms with van der Waals surface area (Å²) in [5.41, 5.74) is 0.315. The van der Waals surface area contributed by atoms with Gasteiger partial charge < -0.3 is 14.6 Å². The van der Waals surface area contributed by atoms with Crippen molar-refractivity contribution >= 4 is 11.6 Å². The first-order valence-electron chi connectivity index (χ1n) is 6.33. The number of hydrogen-bond acceptors (Lipinski definition) is 3. The van der Waals surface area contributed by atoms with Crippen molar-refractivity contribution in [2.24, 2.45) is 0 Å². The van der Waals surface area contributed by atoms with Gasteiger partial charge in [0.25, 0.3) is 0 Å². The van der Waals surface area contributed by atoms with Crippen LogP contribution in [0.4, 0.5) is 0 Å². The monoisotopic (exact) mass is 270 g/mol. The highest BCUT2D eigenvalue weighted by atomic mass is 35.5. The second kappa shape index (κ2) is 6.02. The zero-order valence-corrected chi connectivity index (χ0v) is 11.3. The molecule has 1 saturated heterocycles. The van der Waals surface area contributed by atoms with Crippen LogP contribution in [0, 0.1) is 0 Å². The highest BCUT2D eigenvalue weighted by molar-refractivity contribution is 6.30. The predicted molar refractivity (Wildman–Crippen MR) is 70.8 cm³/mol. The molecule has 0 aliphatic carbocycles. The zero-order valence-electron chi connectivity index (χ0n) is 10.6. The maximum absolute atomic E-state index is 10.6. The van der Waals surface area contributed by atoms with Crippen molar-refractivity contribution < 1.29 is 14.6 Å². The average molecular weight is 271 g/mol. The van der Waals surface area contributed by atoms with Crippen LogP contribution < -0.4 is 0 Å². The summed E-state index contributed by atoms with van der Waals surface area (Å²) in [6.07, 6.45) is 0.786. The molecule has 100 valence electrons. The predicted octanol–water partition coefficient (Wildman–Crippen LogP) is 2.96. The Morgan fingerprint density at radius 3 is 2.50 bits per heavy atom. The lowest BCUT2D eigenvalue weighted by Crippen LogP contribution is -2.44. The summed E-state index contributed by atoms with van der Waals surface area (Å²) in [5.74, 6) is 0. The molecule has 0 spiro atoms. The molecule has 1 aromatic rings. The molecular formula is C14H19ClO3. The van der Waals surface area contributed by atoms with E-state index in [1.807, 2.05) is 19.1 Å². The van der Waals surface area contributed by atoms with Crippen LogP contribution in [-0.4, -0.2) is 30.5 Å². The van der Waals surface area contributed by atoms with Crippen LogP contribution >= 0.6 is 11.6 Å². The summed E-state index contributed by atoms with van der Waals surface area (Å²) in [5, 5.41) is 11.3. The van der Waals surface area contributed by atoms with Crippen molar-refractivity contribution in [3.63, 3.8) is 0 Å². The van der Waals surface area contributed by atoms with Gasteiger partial charge >= 0.3 is 0 Å². The maximum atomic E-state index is 10.6. The normalized spacial score (nSPS) is 20.6. The van der Waals surface area contributed by atoms with E-state index in [4.69, 9.17) is 21.1 Å². The molecule has 1 aliphatic rings. The van der Waals surface area contributed by atoms with Gasteiger partial charge in [-0.25, -0.2) is 0 Å². The number of rotatable bonds is 4. The smallest absolute Gasteiger partial charge is 0.108 e. The Morgan fingerprint density at radius 1 is 1.33 bits per heavy atom. The van der Waals surface area contributed by atoms with Crippen molar-refractivity contribution in [3.05, 3.63) is 34.9 Å². The number of aliphatic hydroxyl groups excluding tert-OH is 1. The second-order valence-electron chi connectivity index (χ2n) is 4.56. The first-order chi connectivity index (χ1) is 8.68. The highest BCUT2D eigenvalue weighted by Crippen LogP contribution is 2.38. The van der Waals surface area contributed by atoms with Gasteiger partial charge in [0.05, 0.1) is 0 Å². The molecule has 4 heteroatoms. The topological polar surface area (TPSA) is 38.7 Å². The highest BCUT2D eigenvalue weighted by Gasteiger charge is 2.41.